The van der Waals surface area contributed by atoms with Crippen molar-refractivity contribution in [3.05, 3.63) is 47.0 Å². The van der Waals surface area contributed by atoms with E-state index in [0.717, 1.165) is 18.9 Å². The van der Waals surface area contributed by atoms with Gasteiger partial charge in [0.1, 0.15) is 5.69 Å². The maximum absolute atomic E-state index is 11.9. The minimum atomic E-state index is -3.72. The summed E-state index contributed by atoms with van der Waals surface area (Å²) >= 11 is 0. The molecule has 1 aromatic carbocycles. The Bertz CT molecular complexity index is 858. The van der Waals surface area contributed by atoms with Gasteiger partial charge in [-0.15, -0.1) is 0 Å². The predicted molar refractivity (Wildman–Crippen MR) is 92.1 cm³/mol. The highest BCUT2D eigenvalue weighted by molar-refractivity contribution is 7.89. The van der Waals surface area contributed by atoms with Gasteiger partial charge in [-0.25, -0.2) is 18.1 Å². The first-order valence-electron chi connectivity index (χ1n) is 7.87. The molecule has 2 aromatic rings. The molecule has 134 valence electrons. The van der Waals surface area contributed by atoms with Crippen molar-refractivity contribution >= 4 is 21.4 Å². The Labute approximate surface area is 145 Å². The van der Waals surface area contributed by atoms with Crippen LogP contribution in [0, 0.1) is 10.1 Å². The quantitative estimate of drug-likeness (QED) is 0.636. The molecule has 0 amide bonds. The van der Waals surface area contributed by atoms with Crippen molar-refractivity contribution in [3.63, 3.8) is 0 Å². The topological polar surface area (TPSA) is 110 Å². The first-order chi connectivity index (χ1) is 11.9. The minimum Gasteiger partial charge on any atom is -0.366 e. The van der Waals surface area contributed by atoms with Crippen LogP contribution in [0.15, 0.2) is 41.8 Å². The van der Waals surface area contributed by atoms with Gasteiger partial charge in [0.05, 0.1) is 16.1 Å². The first kappa shape index (κ1) is 17.4. The fraction of sp³-hybridized carbons (Fsp3) is 0.400. The molecule has 1 aliphatic heterocycles. The van der Waals surface area contributed by atoms with E-state index in [2.05, 4.69) is 9.71 Å². The number of nitrogens with one attached hydrogen (secondary N) is 1. The zero-order valence-electron chi connectivity index (χ0n) is 13.7. The molecule has 10 heteroatoms. The molecule has 9 nitrogen and oxygen atoms in total. The van der Waals surface area contributed by atoms with Gasteiger partial charge >= 0.3 is 0 Å². The Hall–Kier alpha value is -2.46. The van der Waals surface area contributed by atoms with E-state index in [1.807, 2.05) is 15.7 Å². The number of nitro groups is 1. The van der Waals surface area contributed by atoms with Crippen molar-refractivity contribution in [2.75, 3.05) is 25.0 Å². The van der Waals surface area contributed by atoms with Gasteiger partial charge in [-0.2, -0.15) is 0 Å². The van der Waals surface area contributed by atoms with Gasteiger partial charge in [0.15, 0.2) is 0 Å². The van der Waals surface area contributed by atoms with Gasteiger partial charge in [0.25, 0.3) is 5.69 Å². The molecule has 3 rings (SSSR count). The van der Waals surface area contributed by atoms with Crippen LogP contribution in [-0.4, -0.2) is 43.0 Å². The number of sulfonamides is 1. The lowest BCUT2D eigenvalue weighted by atomic mass is 10.0. The van der Waals surface area contributed by atoms with Gasteiger partial charge in [0, 0.05) is 37.6 Å². The smallest absolute Gasteiger partial charge is 0.293 e. The standard InChI is InChI=1S/C15H19N5O4S/c1-16-25(23,24)13-2-3-14(15(10-13)20(21)22)18-7-4-12(5-8-18)19-9-6-17-11-19/h2-3,6,9-12,16H,4-5,7-8H2,1H3. The summed E-state index contributed by atoms with van der Waals surface area (Å²) in [7, 11) is -2.45. The number of anilines is 1. The van der Waals surface area contributed by atoms with E-state index in [4.69, 9.17) is 0 Å². The molecule has 1 aromatic heterocycles. The van der Waals surface area contributed by atoms with Crippen molar-refractivity contribution in [2.24, 2.45) is 0 Å². The highest BCUT2D eigenvalue weighted by Gasteiger charge is 2.27. The van der Waals surface area contributed by atoms with Crippen molar-refractivity contribution in [1.82, 2.24) is 14.3 Å². The number of hydrogen-bond acceptors (Lipinski definition) is 6. The SMILES string of the molecule is CNS(=O)(=O)c1ccc(N2CCC(n3ccnc3)CC2)c([N+](=O)[O-])c1. The summed E-state index contributed by atoms with van der Waals surface area (Å²) in [6.07, 6.45) is 7.10. The molecule has 2 heterocycles. The third kappa shape index (κ3) is 3.49. The fourth-order valence-electron chi connectivity index (χ4n) is 3.09. The molecule has 0 saturated carbocycles. The van der Waals surface area contributed by atoms with Crippen LogP contribution in [0.5, 0.6) is 0 Å². The van der Waals surface area contributed by atoms with Crippen LogP contribution in [-0.2, 0) is 10.0 Å². The number of imidazole rings is 1. The summed E-state index contributed by atoms with van der Waals surface area (Å²) in [6.45, 7) is 1.31. The van der Waals surface area contributed by atoms with E-state index in [0.29, 0.717) is 24.8 Å². The van der Waals surface area contributed by atoms with Gasteiger partial charge in [-0.05, 0) is 32.0 Å². The van der Waals surface area contributed by atoms with E-state index in [1.54, 1.807) is 12.5 Å². The number of hydrogen-bond donors (Lipinski definition) is 1. The number of aromatic nitrogens is 2. The number of benzene rings is 1. The third-order valence-corrected chi connectivity index (χ3v) is 5.89. The Morgan fingerprint density at radius 3 is 2.60 bits per heavy atom. The summed E-state index contributed by atoms with van der Waals surface area (Å²) in [4.78, 5) is 16.8. The van der Waals surface area contributed by atoms with E-state index < -0.39 is 14.9 Å². The zero-order valence-corrected chi connectivity index (χ0v) is 14.5. The van der Waals surface area contributed by atoms with Crippen LogP contribution < -0.4 is 9.62 Å². The molecule has 1 saturated heterocycles. The van der Waals surface area contributed by atoms with E-state index in [1.165, 1.54) is 19.2 Å². The van der Waals surface area contributed by atoms with Crippen LogP contribution in [0.4, 0.5) is 11.4 Å². The number of rotatable bonds is 5. The van der Waals surface area contributed by atoms with Crippen LogP contribution in [0.25, 0.3) is 0 Å². The molecule has 0 radical (unpaired) electrons. The number of piperidine rings is 1. The van der Waals surface area contributed by atoms with Gasteiger partial charge in [-0.1, -0.05) is 0 Å². The summed E-state index contributed by atoms with van der Waals surface area (Å²) in [5.41, 5.74) is 0.251. The maximum atomic E-state index is 11.9. The van der Waals surface area contributed by atoms with Crippen molar-refractivity contribution in [2.45, 2.75) is 23.8 Å². The van der Waals surface area contributed by atoms with Gasteiger partial charge < -0.3 is 9.47 Å². The molecule has 1 aliphatic rings. The lowest BCUT2D eigenvalue weighted by molar-refractivity contribution is -0.384. The highest BCUT2D eigenvalue weighted by Crippen LogP contribution is 2.34. The van der Waals surface area contributed by atoms with Gasteiger partial charge in [-0.3, -0.25) is 10.1 Å². The zero-order chi connectivity index (χ0) is 18.0. The molecule has 0 bridgehead atoms. The van der Waals surface area contributed by atoms with Crippen LogP contribution in [0.3, 0.4) is 0 Å². The monoisotopic (exact) mass is 365 g/mol. The van der Waals surface area contributed by atoms with E-state index >= 15 is 0 Å². The molecule has 25 heavy (non-hydrogen) atoms. The first-order valence-corrected chi connectivity index (χ1v) is 9.35. The summed E-state index contributed by atoms with van der Waals surface area (Å²) in [5.74, 6) is 0. The molecule has 0 spiro atoms. The Morgan fingerprint density at radius 2 is 2.04 bits per heavy atom. The predicted octanol–water partition coefficient (Wildman–Crippen LogP) is 1.54. The molecule has 0 atom stereocenters. The van der Waals surface area contributed by atoms with Crippen LogP contribution in [0.2, 0.25) is 0 Å². The summed E-state index contributed by atoms with van der Waals surface area (Å²) in [5, 5.41) is 11.4. The van der Waals surface area contributed by atoms with E-state index in [-0.39, 0.29) is 10.6 Å². The highest BCUT2D eigenvalue weighted by atomic mass is 32.2. The second-order valence-electron chi connectivity index (χ2n) is 5.84. The second-order valence-corrected chi connectivity index (χ2v) is 7.73. The largest absolute Gasteiger partial charge is 0.366 e. The Morgan fingerprint density at radius 1 is 1.32 bits per heavy atom. The minimum absolute atomic E-state index is 0.112. The molecular formula is C15H19N5O4S. The lowest BCUT2D eigenvalue weighted by Gasteiger charge is -2.33. The van der Waals surface area contributed by atoms with Gasteiger partial charge in [0.2, 0.25) is 10.0 Å². The van der Waals surface area contributed by atoms with Crippen LogP contribution in [0.1, 0.15) is 18.9 Å². The molecule has 0 aliphatic carbocycles. The number of nitro benzene ring substituents is 1. The second kappa shape index (κ2) is 6.81. The molecule has 1 N–H and O–H groups in total. The molecular weight excluding hydrogens is 346 g/mol. The normalized spacial score (nSPS) is 16.1. The van der Waals surface area contributed by atoms with Crippen molar-refractivity contribution in [1.29, 1.82) is 0 Å². The Kier molecular flexibility index (Phi) is 4.73. The average molecular weight is 365 g/mol. The maximum Gasteiger partial charge on any atom is 0.293 e. The Balaban J connectivity index is 1.84. The van der Waals surface area contributed by atoms with Crippen molar-refractivity contribution in [3.8, 4) is 0 Å². The third-order valence-electron chi connectivity index (χ3n) is 4.47. The van der Waals surface area contributed by atoms with Crippen LogP contribution >= 0.6 is 0 Å². The lowest BCUT2D eigenvalue weighted by Crippen LogP contribution is -2.34. The molecule has 1 fully saturated rings. The summed E-state index contributed by atoms with van der Waals surface area (Å²) < 4.78 is 28.0. The van der Waals surface area contributed by atoms with Crippen molar-refractivity contribution < 1.29 is 13.3 Å². The summed E-state index contributed by atoms with van der Waals surface area (Å²) in [6, 6.07) is 4.35. The van der Waals surface area contributed by atoms with E-state index in [9.17, 15) is 18.5 Å². The number of nitrogens with zero attached hydrogens (tertiary/aromatic N) is 4. The average Bonchev–Trinajstić information content (AvgIpc) is 3.16. The fourth-order valence-corrected chi connectivity index (χ4v) is 3.84. The molecule has 0 unspecified atom stereocenters.